The number of H-pyrrole nitrogens is 1. The van der Waals surface area contributed by atoms with Crippen LogP contribution in [0.4, 0.5) is 15.8 Å². The summed E-state index contributed by atoms with van der Waals surface area (Å²) in [7, 11) is 0. The van der Waals surface area contributed by atoms with E-state index in [9.17, 15) is 19.3 Å². The number of anilines is 1. The molecule has 3 aromatic rings. The first kappa shape index (κ1) is 18.5. The van der Waals surface area contributed by atoms with Crippen LogP contribution in [0, 0.1) is 15.9 Å². The molecule has 0 fully saturated rings. The fraction of sp³-hybridized carbons (Fsp3) is 0.118. The first-order valence-electron chi connectivity index (χ1n) is 7.83. The van der Waals surface area contributed by atoms with Gasteiger partial charge in [-0.1, -0.05) is 42.1 Å². The molecule has 0 aliphatic heterocycles. The standard InChI is InChI=1S/C17H14FN5O3S/c1-10(16(24)19-12-7-8-13(18)14(9-12)23(25)26)27-17-20-15(21-22-17)11-5-3-2-4-6-11/h2-10H,1H3,(H,19,24)(H,20,21,22)/t10-/m1/s1. The zero-order valence-electron chi connectivity index (χ0n) is 14.0. The molecule has 8 nitrogen and oxygen atoms in total. The number of benzene rings is 2. The van der Waals surface area contributed by atoms with Crippen LogP contribution in [0.3, 0.4) is 0 Å². The number of nitrogens with zero attached hydrogens (tertiary/aromatic N) is 3. The second-order valence-electron chi connectivity index (χ2n) is 5.51. The summed E-state index contributed by atoms with van der Waals surface area (Å²) in [6.07, 6.45) is 0. The van der Waals surface area contributed by atoms with Gasteiger partial charge in [-0.15, -0.1) is 5.10 Å². The van der Waals surface area contributed by atoms with Crippen molar-refractivity contribution in [2.45, 2.75) is 17.3 Å². The molecule has 0 aliphatic rings. The third-order valence-corrected chi connectivity index (χ3v) is 4.53. The molecule has 0 radical (unpaired) electrons. The Balaban J connectivity index is 1.65. The van der Waals surface area contributed by atoms with Crippen molar-refractivity contribution in [2.24, 2.45) is 0 Å². The SMILES string of the molecule is C[C@@H](Sc1n[nH]c(-c2ccccc2)n1)C(=O)Nc1ccc(F)c([N+](=O)[O-])c1. The molecule has 10 heteroatoms. The minimum Gasteiger partial charge on any atom is -0.325 e. The summed E-state index contributed by atoms with van der Waals surface area (Å²) in [6, 6.07) is 12.6. The number of hydrogen-bond acceptors (Lipinski definition) is 6. The van der Waals surface area contributed by atoms with Crippen molar-refractivity contribution < 1.29 is 14.1 Å². The fourth-order valence-electron chi connectivity index (χ4n) is 2.21. The van der Waals surface area contributed by atoms with Crippen LogP contribution in [-0.4, -0.2) is 31.3 Å². The van der Waals surface area contributed by atoms with E-state index in [4.69, 9.17) is 0 Å². The Bertz CT molecular complexity index is 980. The van der Waals surface area contributed by atoms with Crippen LogP contribution in [0.15, 0.2) is 53.7 Å². The Labute approximate surface area is 157 Å². The van der Waals surface area contributed by atoms with Gasteiger partial charge >= 0.3 is 5.69 Å². The highest BCUT2D eigenvalue weighted by Crippen LogP contribution is 2.25. The molecule has 1 heterocycles. The number of amides is 1. The van der Waals surface area contributed by atoms with Gasteiger partial charge in [-0.05, 0) is 19.1 Å². The van der Waals surface area contributed by atoms with Gasteiger partial charge in [0.1, 0.15) is 0 Å². The van der Waals surface area contributed by atoms with E-state index in [0.717, 1.165) is 29.5 Å². The lowest BCUT2D eigenvalue weighted by atomic mass is 10.2. The number of nitro groups is 1. The van der Waals surface area contributed by atoms with Crippen molar-refractivity contribution in [1.82, 2.24) is 15.2 Å². The van der Waals surface area contributed by atoms with Crippen LogP contribution in [-0.2, 0) is 4.79 Å². The summed E-state index contributed by atoms with van der Waals surface area (Å²) in [5, 5.41) is 20.0. The van der Waals surface area contributed by atoms with E-state index < -0.39 is 27.6 Å². The van der Waals surface area contributed by atoms with E-state index in [1.54, 1.807) is 6.92 Å². The summed E-state index contributed by atoms with van der Waals surface area (Å²) in [4.78, 5) is 26.6. The van der Waals surface area contributed by atoms with Crippen LogP contribution in [0.25, 0.3) is 11.4 Å². The number of rotatable bonds is 6. The Morgan fingerprint density at radius 3 is 2.74 bits per heavy atom. The second-order valence-corrected chi connectivity index (χ2v) is 6.81. The minimum absolute atomic E-state index is 0.139. The first-order chi connectivity index (χ1) is 12.9. The van der Waals surface area contributed by atoms with E-state index in [1.807, 2.05) is 30.3 Å². The minimum atomic E-state index is -0.963. The molecule has 0 saturated carbocycles. The monoisotopic (exact) mass is 387 g/mol. The average Bonchev–Trinajstić information content (AvgIpc) is 3.12. The molecular formula is C17H14FN5O3S. The molecule has 0 bridgehead atoms. The molecule has 0 aliphatic carbocycles. The van der Waals surface area contributed by atoms with Crippen molar-refractivity contribution >= 4 is 29.0 Å². The summed E-state index contributed by atoms with van der Waals surface area (Å²) >= 11 is 1.13. The molecule has 0 saturated heterocycles. The normalized spacial score (nSPS) is 11.8. The maximum absolute atomic E-state index is 13.4. The van der Waals surface area contributed by atoms with Crippen LogP contribution in [0.2, 0.25) is 0 Å². The topological polar surface area (TPSA) is 114 Å². The number of hydrogen-bond donors (Lipinski definition) is 2. The highest BCUT2D eigenvalue weighted by atomic mass is 32.2. The Morgan fingerprint density at radius 2 is 2.04 bits per heavy atom. The fourth-order valence-corrected chi connectivity index (χ4v) is 2.93. The molecule has 2 aromatic carbocycles. The van der Waals surface area contributed by atoms with Crippen LogP contribution < -0.4 is 5.32 Å². The first-order valence-corrected chi connectivity index (χ1v) is 8.71. The number of aromatic amines is 1. The van der Waals surface area contributed by atoms with Gasteiger partial charge in [0.15, 0.2) is 5.82 Å². The Morgan fingerprint density at radius 1 is 1.30 bits per heavy atom. The van der Waals surface area contributed by atoms with Crippen LogP contribution in [0.1, 0.15) is 6.92 Å². The molecule has 27 heavy (non-hydrogen) atoms. The Hall–Kier alpha value is -3.27. The predicted molar refractivity (Wildman–Crippen MR) is 98.8 cm³/mol. The molecule has 1 atom stereocenters. The lowest BCUT2D eigenvalue weighted by molar-refractivity contribution is -0.387. The number of halogens is 1. The highest BCUT2D eigenvalue weighted by Gasteiger charge is 2.20. The van der Waals surface area contributed by atoms with Gasteiger partial charge in [-0.2, -0.15) is 4.39 Å². The average molecular weight is 387 g/mol. The van der Waals surface area contributed by atoms with Crippen molar-refractivity contribution in [1.29, 1.82) is 0 Å². The summed E-state index contributed by atoms with van der Waals surface area (Å²) in [5.41, 5.74) is 0.308. The number of carbonyl (C=O) groups excluding carboxylic acids is 1. The van der Waals surface area contributed by atoms with Crippen molar-refractivity contribution in [2.75, 3.05) is 5.32 Å². The van der Waals surface area contributed by atoms with Gasteiger partial charge in [0, 0.05) is 17.3 Å². The number of nitro benzene ring substituents is 1. The summed E-state index contributed by atoms with van der Waals surface area (Å²) < 4.78 is 13.4. The van der Waals surface area contributed by atoms with Crippen molar-refractivity contribution in [3.8, 4) is 11.4 Å². The number of nitrogens with one attached hydrogen (secondary N) is 2. The molecule has 0 spiro atoms. The van der Waals surface area contributed by atoms with E-state index >= 15 is 0 Å². The van der Waals surface area contributed by atoms with Crippen LogP contribution in [0.5, 0.6) is 0 Å². The third-order valence-electron chi connectivity index (χ3n) is 3.57. The molecule has 3 rings (SSSR count). The van der Waals surface area contributed by atoms with Gasteiger partial charge < -0.3 is 5.32 Å². The molecule has 2 N–H and O–H groups in total. The maximum Gasteiger partial charge on any atom is 0.306 e. The molecule has 1 aromatic heterocycles. The summed E-state index contributed by atoms with van der Waals surface area (Å²) in [5.74, 6) is -0.790. The zero-order chi connectivity index (χ0) is 19.4. The zero-order valence-corrected chi connectivity index (χ0v) is 14.9. The summed E-state index contributed by atoms with van der Waals surface area (Å²) in [6.45, 7) is 1.65. The van der Waals surface area contributed by atoms with Crippen molar-refractivity contribution in [3.63, 3.8) is 0 Å². The number of thioether (sulfide) groups is 1. The van der Waals surface area contributed by atoms with E-state index in [0.29, 0.717) is 11.0 Å². The molecule has 0 unspecified atom stereocenters. The quantitative estimate of drug-likeness (QED) is 0.379. The van der Waals surface area contributed by atoms with Gasteiger partial charge in [0.2, 0.25) is 16.9 Å². The molecule has 1 amide bonds. The van der Waals surface area contributed by atoms with Crippen molar-refractivity contribution in [3.05, 3.63) is 64.5 Å². The van der Waals surface area contributed by atoms with Gasteiger partial charge in [0.25, 0.3) is 0 Å². The van der Waals surface area contributed by atoms with E-state index in [2.05, 4.69) is 20.5 Å². The van der Waals surface area contributed by atoms with E-state index in [1.165, 1.54) is 6.07 Å². The lowest BCUT2D eigenvalue weighted by Crippen LogP contribution is -2.22. The van der Waals surface area contributed by atoms with Crippen LogP contribution >= 0.6 is 11.8 Å². The van der Waals surface area contributed by atoms with Gasteiger partial charge in [-0.25, -0.2) is 4.98 Å². The molecular weight excluding hydrogens is 373 g/mol. The lowest BCUT2D eigenvalue weighted by Gasteiger charge is -2.10. The molecule has 138 valence electrons. The van der Waals surface area contributed by atoms with Gasteiger partial charge in [0.05, 0.1) is 10.2 Å². The smallest absolute Gasteiger partial charge is 0.306 e. The highest BCUT2D eigenvalue weighted by molar-refractivity contribution is 8.00. The van der Waals surface area contributed by atoms with Gasteiger partial charge in [-0.3, -0.25) is 20.0 Å². The maximum atomic E-state index is 13.4. The van der Waals surface area contributed by atoms with E-state index in [-0.39, 0.29) is 5.69 Å². The third kappa shape index (κ3) is 4.47. The Kier molecular flexibility index (Phi) is 5.46. The second kappa shape index (κ2) is 7.96. The largest absolute Gasteiger partial charge is 0.325 e. The number of carbonyl (C=O) groups is 1. The number of aromatic nitrogens is 3. The predicted octanol–water partition coefficient (Wildman–Crippen LogP) is 3.64.